The molecule has 0 saturated heterocycles. The van der Waals surface area contributed by atoms with Crippen molar-refractivity contribution < 1.29 is 9.84 Å². The summed E-state index contributed by atoms with van der Waals surface area (Å²) in [5.74, 6) is 0.793. The standard InChI is InChI=1S/C14H22N2O2/c1-4-18-11-9-14(17,13(11,2)3)10-16-12-7-5-6-8-15-12/h5-8,11,17H,4,9-10H2,1-3H3,(H,15,16)/t11-,14-/m1/s1. The zero-order chi connectivity index (χ0) is 13.2. The van der Waals surface area contributed by atoms with E-state index in [4.69, 9.17) is 4.74 Å². The first-order chi connectivity index (χ1) is 8.49. The van der Waals surface area contributed by atoms with Crippen LogP contribution in [0.25, 0.3) is 0 Å². The molecule has 1 aliphatic rings. The van der Waals surface area contributed by atoms with E-state index in [1.54, 1.807) is 6.20 Å². The molecule has 4 nitrogen and oxygen atoms in total. The largest absolute Gasteiger partial charge is 0.387 e. The third-order valence-corrected chi connectivity index (χ3v) is 4.12. The van der Waals surface area contributed by atoms with E-state index in [9.17, 15) is 5.11 Å². The van der Waals surface area contributed by atoms with Crippen LogP contribution in [0.1, 0.15) is 27.2 Å². The minimum absolute atomic E-state index is 0.137. The highest BCUT2D eigenvalue weighted by atomic mass is 16.5. The molecule has 0 amide bonds. The van der Waals surface area contributed by atoms with E-state index in [0.29, 0.717) is 19.6 Å². The molecular weight excluding hydrogens is 228 g/mol. The normalized spacial score (nSPS) is 29.7. The topological polar surface area (TPSA) is 54.4 Å². The monoisotopic (exact) mass is 250 g/mol. The summed E-state index contributed by atoms with van der Waals surface area (Å²) in [6, 6.07) is 5.70. The van der Waals surface area contributed by atoms with Crippen LogP contribution in [-0.2, 0) is 4.74 Å². The Bertz CT molecular complexity index is 394. The second-order valence-corrected chi connectivity index (χ2v) is 5.47. The molecule has 18 heavy (non-hydrogen) atoms. The molecule has 2 N–H and O–H groups in total. The maximum atomic E-state index is 10.6. The molecule has 1 aromatic heterocycles. The summed E-state index contributed by atoms with van der Waals surface area (Å²) in [4.78, 5) is 4.19. The van der Waals surface area contributed by atoms with Gasteiger partial charge < -0.3 is 15.2 Å². The number of anilines is 1. The Balaban J connectivity index is 1.94. The van der Waals surface area contributed by atoms with Crippen LogP contribution >= 0.6 is 0 Å². The van der Waals surface area contributed by atoms with Crippen LogP contribution in [0.2, 0.25) is 0 Å². The highest BCUT2D eigenvalue weighted by Crippen LogP contribution is 2.51. The molecule has 0 spiro atoms. The minimum Gasteiger partial charge on any atom is -0.387 e. The lowest BCUT2D eigenvalue weighted by Crippen LogP contribution is -2.67. The van der Waals surface area contributed by atoms with Gasteiger partial charge in [-0.2, -0.15) is 0 Å². The summed E-state index contributed by atoms with van der Waals surface area (Å²) in [6.07, 6.45) is 2.55. The van der Waals surface area contributed by atoms with Gasteiger partial charge in [0.25, 0.3) is 0 Å². The third kappa shape index (κ3) is 2.22. The first-order valence-corrected chi connectivity index (χ1v) is 6.48. The Kier molecular flexibility index (Phi) is 3.59. The summed E-state index contributed by atoms with van der Waals surface area (Å²) >= 11 is 0. The molecular formula is C14H22N2O2. The first kappa shape index (κ1) is 13.3. The number of hydrogen-bond acceptors (Lipinski definition) is 4. The molecule has 4 heteroatoms. The molecule has 2 rings (SSSR count). The number of pyridine rings is 1. The van der Waals surface area contributed by atoms with Crippen molar-refractivity contribution in [3.63, 3.8) is 0 Å². The molecule has 2 atom stereocenters. The maximum absolute atomic E-state index is 10.6. The van der Waals surface area contributed by atoms with E-state index >= 15 is 0 Å². The van der Waals surface area contributed by atoms with Gasteiger partial charge in [-0.05, 0) is 19.1 Å². The zero-order valence-corrected chi connectivity index (χ0v) is 11.3. The smallest absolute Gasteiger partial charge is 0.125 e. The van der Waals surface area contributed by atoms with Gasteiger partial charge in [-0.15, -0.1) is 0 Å². The van der Waals surface area contributed by atoms with Crippen LogP contribution in [-0.4, -0.2) is 34.9 Å². The number of hydrogen-bond donors (Lipinski definition) is 2. The Hall–Kier alpha value is -1.13. The lowest BCUT2D eigenvalue weighted by Gasteiger charge is -2.58. The van der Waals surface area contributed by atoms with Crippen molar-refractivity contribution in [2.45, 2.75) is 38.9 Å². The van der Waals surface area contributed by atoms with E-state index in [1.807, 2.05) is 25.1 Å². The average Bonchev–Trinajstić information content (AvgIpc) is 2.37. The fourth-order valence-corrected chi connectivity index (χ4v) is 2.47. The van der Waals surface area contributed by atoms with Crippen molar-refractivity contribution in [3.05, 3.63) is 24.4 Å². The van der Waals surface area contributed by atoms with Crippen molar-refractivity contribution in [2.24, 2.45) is 5.41 Å². The van der Waals surface area contributed by atoms with Crippen LogP contribution in [0.5, 0.6) is 0 Å². The summed E-state index contributed by atoms with van der Waals surface area (Å²) < 4.78 is 5.64. The number of nitrogens with zero attached hydrogens (tertiary/aromatic N) is 1. The number of rotatable bonds is 5. The van der Waals surface area contributed by atoms with Crippen molar-refractivity contribution >= 4 is 5.82 Å². The van der Waals surface area contributed by atoms with Crippen LogP contribution in [0.15, 0.2) is 24.4 Å². The molecule has 1 aliphatic carbocycles. The van der Waals surface area contributed by atoms with Crippen molar-refractivity contribution in [2.75, 3.05) is 18.5 Å². The van der Waals surface area contributed by atoms with Crippen LogP contribution in [0.3, 0.4) is 0 Å². The van der Waals surface area contributed by atoms with Gasteiger partial charge >= 0.3 is 0 Å². The van der Waals surface area contributed by atoms with E-state index in [1.165, 1.54) is 0 Å². The van der Waals surface area contributed by atoms with Crippen molar-refractivity contribution in [1.29, 1.82) is 0 Å². The van der Waals surface area contributed by atoms with Crippen LogP contribution in [0, 0.1) is 5.41 Å². The fourth-order valence-electron chi connectivity index (χ4n) is 2.47. The van der Waals surface area contributed by atoms with E-state index < -0.39 is 5.60 Å². The van der Waals surface area contributed by atoms with E-state index in [2.05, 4.69) is 24.1 Å². The quantitative estimate of drug-likeness (QED) is 0.840. The summed E-state index contributed by atoms with van der Waals surface area (Å²) in [5.41, 5.74) is -0.963. The van der Waals surface area contributed by atoms with Gasteiger partial charge in [0, 0.05) is 31.2 Å². The molecule has 0 unspecified atom stereocenters. The van der Waals surface area contributed by atoms with Gasteiger partial charge in [-0.1, -0.05) is 19.9 Å². The molecule has 1 saturated carbocycles. The summed E-state index contributed by atoms with van der Waals surface area (Å²) in [5, 5.41) is 13.8. The predicted molar refractivity (Wildman–Crippen MR) is 71.5 cm³/mol. The Labute approximate surface area is 108 Å². The average molecular weight is 250 g/mol. The number of aromatic nitrogens is 1. The molecule has 0 aliphatic heterocycles. The first-order valence-electron chi connectivity index (χ1n) is 6.48. The second kappa shape index (κ2) is 4.86. The maximum Gasteiger partial charge on any atom is 0.125 e. The summed E-state index contributed by atoms with van der Waals surface area (Å²) in [7, 11) is 0. The number of aliphatic hydroxyl groups is 1. The molecule has 0 bridgehead atoms. The molecule has 1 fully saturated rings. The molecule has 0 radical (unpaired) electrons. The number of ether oxygens (including phenoxy) is 1. The predicted octanol–water partition coefficient (Wildman–Crippen LogP) is 2.06. The minimum atomic E-state index is -0.732. The molecule has 100 valence electrons. The molecule has 1 heterocycles. The molecule has 1 aromatic rings. The SMILES string of the molecule is CCO[C@@H]1C[C@@](O)(CNc2ccccn2)C1(C)C. The molecule has 0 aromatic carbocycles. The lowest BCUT2D eigenvalue weighted by molar-refractivity contribution is -0.233. The second-order valence-electron chi connectivity index (χ2n) is 5.47. The third-order valence-electron chi connectivity index (χ3n) is 4.12. The van der Waals surface area contributed by atoms with Crippen LogP contribution in [0.4, 0.5) is 5.82 Å². The highest BCUT2D eigenvalue weighted by Gasteiger charge is 2.59. The van der Waals surface area contributed by atoms with Gasteiger partial charge in [-0.3, -0.25) is 0 Å². The van der Waals surface area contributed by atoms with Crippen molar-refractivity contribution in [3.8, 4) is 0 Å². The Morgan fingerprint density at radius 1 is 1.50 bits per heavy atom. The Morgan fingerprint density at radius 2 is 2.28 bits per heavy atom. The van der Waals surface area contributed by atoms with Crippen molar-refractivity contribution in [1.82, 2.24) is 4.98 Å². The number of nitrogens with one attached hydrogen (secondary N) is 1. The van der Waals surface area contributed by atoms with Gasteiger partial charge in [0.2, 0.25) is 0 Å². The van der Waals surface area contributed by atoms with E-state index in [0.717, 1.165) is 5.82 Å². The van der Waals surface area contributed by atoms with Gasteiger partial charge in [0.05, 0.1) is 11.7 Å². The highest BCUT2D eigenvalue weighted by molar-refractivity contribution is 5.34. The zero-order valence-electron chi connectivity index (χ0n) is 11.3. The Morgan fingerprint density at radius 3 is 2.83 bits per heavy atom. The lowest BCUT2D eigenvalue weighted by atomic mass is 9.56. The van der Waals surface area contributed by atoms with Gasteiger partial charge in [0.1, 0.15) is 5.82 Å². The van der Waals surface area contributed by atoms with Crippen LogP contribution < -0.4 is 5.32 Å². The van der Waals surface area contributed by atoms with Gasteiger partial charge in [0.15, 0.2) is 0 Å². The van der Waals surface area contributed by atoms with Gasteiger partial charge in [-0.25, -0.2) is 4.98 Å². The fraction of sp³-hybridized carbons (Fsp3) is 0.643. The van der Waals surface area contributed by atoms with E-state index in [-0.39, 0.29) is 11.5 Å². The summed E-state index contributed by atoms with van der Waals surface area (Å²) in [6.45, 7) is 7.28.